The van der Waals surface area contributed by atoms with Crippen LogP contribution in [0.5, 0.6) is 0 Å². The number of fused-ring (bicyclic) bond motifs is 1. The van der Waals surface area contributed by atoms with Crippen LogP contribution in [-0.2, 0) is 0 Å². The maximum absolute atomic E-state index is 5.80. The Morgan fingerprint density at radius 2 is 1.95 bits per heavy atom. The van der Waals surface area contributed by atoms with E-state index in [1.165, 1.54) is 5.57 Å². The van der Waals surface area contributed by atoms with Crippen molar-refractivity contribution in [3.63, 3.8) is 0 Å². The first-order valence-electron chi connectivity index (χ1n) is 7.35. The van der Waals surface area contributed by atoms with Gasteiger partial charge in [0.25, 0.3) is 0 Å². The number of hydrogen-bond acceptors (Lipinski definition) is 3. The SMILES string of the molecule is CC(C)=CCNc1ccc(-c2nc3ccc(N)cc3[nH]2)cc1. The molecule has 0 radical (unpaired) electrons. The minimum atomic E-state index is 0.738. The molecule has 1 heterocycles. The normalized spacial score (nSPS) is 10.6. The lowest BCUT2D eigenvalue weighted by molar-refractivity contribution is 1.26. The molecule has 0 aliphatic rings. The molecule has 0 atom stereocenters. The molecule has 2 aromatic carbocycles. The second-order valence-electron chi connectivity index (χ2n) is 5.60. The summed E-state index contributed by atoms with van der Waals surface area (Å²) in [6.07, 6.45) is 2.16. The summed E-state index contributed by atoms with van der Waals surface area (Å²) in [6.45, 7) is 5.03. The molecule has 1 aromatic heterocycles. The van der Waals surface area contributed by atoms with Crippen molar-refractivity contribution in [3.05, 3.63) is 54.1 Å². The van der Waals surface area contributed by atoms with Crippen LogP contribution in [0, 0.1) is 0 Å². The standard InChI is InChI=1S/C18H20N4/c1-12(2)9-10-20-15-6-3-13(4-7-15)18-21-16-8-5-14(19)11-17(16)22-18/h3-9,11,20H,10,19H2,1-2H3,(H,21,22). The third-order valence-electron chi connectivity index (χ3n) is 3.48. The van der Waals surface area contributed by atoms with E-state index in [-0.39, 0.29) is 0 Å². The van der Waals surface area contributed by atoms with Gasteiger partial charge in [-0.15, -0.1) is 0 Å². The van der Waals surface area contributed by atoms with E-state index in [9.17, 15) is 0 Å². The lowest BCUT2D eigenvalue weighted by Crippen LogP contribution is -1.98. The highest BCUT2D eigenvalue weighted by atomic mass is 14.9. The van der Waals surface area contributed by atoms with Crippen LogP contribution in [0.2, 0.25) is 0 Å². The predicted octanol–water partition coefficient (Wildman–Crippen LogP) is 4.19. The summed E-state index contributed by atoms with van der Waals surface area (Å²) in [4.78, 5) is 7.91. The van der Waals surface area contributed by atoms with Crippen molar-refractivity contribution in [2.75, 3.05) is 17.6 Å². The molecular weight excluding hydrogens is 272 g/mol. The van der Waals surface area contributed by atoms with Crippen molar-refractivity contribution in [1.82, 2.24) is 9.97 Å². The van der Waals surface area contributed by atoms with Crippen LogP contribution in [0.25, 0.3) is 22.4 Å². The first kappa shape index (κ1) is 14.2. The van der Waals surface area contributed by atoms with Crippen LogP contribution in [-0.4, -0.2) is 16.5 Å². The number of nitrogens with zero attached hydrogens (tertiary/aromatic N) is 1. The summed E-state index contributed by atoms with van der Waals surface area (Å²) in [7, 11) is 0. The average Bonchev–Trinajstić information content (AvgIpc) is 2.90. The van der Waals surface area contributed by atoms with Gasteiger partial charge in [0, 0.05) is 23.5 Å². The van der Waals surface area contributed by atoms with Gasteiger partial charge in [-0.2, -0.15) is 0 Å². The molecule has 0 fully saturated rings. The molecule has 0 unspecified atom stereocenters. The van der Waals surface area contributed by atoms with Crippen molar-refractivity contribution >= 4 is 22.4 Å². The quantitative estimate of drug-likeness (QED) is 0.499. The summed E-state index contributed by atoms with van der Waals surface area (Å²) < 4.78 is 0. The number of nitrogen functional groups attached to an aromatic ring is 1. The van der Waals surface area contributed by atoms with Crippen LogP contribution in [0.15, 0.2) is 54.1 Å². The molecular formula is C18H20N4. The summed E-state index contributed by atoms with van der Waals surface area (Å²) in [5, 5.41) is 3.37. The lowest BCUT2D eigenvalue weighted by atomic mass is 10.2. The van der Waals surface area contributed by atoms with Gasteiger partial charge in [-0.1, -0.05) is 11.6 Å². The largest absolute Gasteiger partial charge is 0.399 e. The third-order valence-corrected chi connectivity index (χ3v) is 3.48. The molecule has 0 bridgehead atoms. The van der Waals surface area contributed by atoms with Crippen molar-refractivity contribution < 1.29 is 0 Å². The topological polar surface area (TPSA) is 66.7 Å². The third kappa shape index (κ3) is 3.11. The van der Waals surface area contributed by atoms with Gasteiger partial charge < -0.3 is 16.0 Å². The molecule has 4 N–H and O–H groups in total. The van der Waals surface area contributed by atoms with E-state index >= 15 is 0 Å². The number of imidazole rings is 1. The van der Waals surface area contributed by atoms with E-state index in [1.807, 2.05) is 18.2 Å². The van der Waals surface area contributed by atoms with E-state index in [2.05, 4.69) is 59.5 Å². The summed E-state index contributed by atoms with van der Waals surface area (Å²) >= 11 is 0. The predicted molar refractivity (Wildman–Crippen MR) is 93.9 cm³/mol. The minimum absolute atomic E-state index is 0.738. The van der Waals surface area contributed by atoms with Gasteiger partial charge in [0.15, 0.2) is 0 Å². The Bertz CT molecular complexity index is 809. The van der Waals surface area contributed by atoms with Gasteiger partial charge in [0.05, 0.1) is 11.0 Å². The Labute approximate surface area is 130 Å². The van der Waals surface area contributed by atoms with E-state index in [0.29, 0.717) is 0 Å². The van der Waals surface area contributed by atoms with Gasteiger partial charge in [-0.05, 0) is 56.3 Å². The number of H-pyrrole nitrogens is 1. The summed E-state index contributed by atoms with van der Waals surface area (Å²) in [5.74, 6) is 0.858. The molecule has 22 heavy (non-hydrogen) atoms. The number of aromatic nitrogens is 2. The zero-order chi connectivity index (χ0) is 15.5. The molecule has 0 saturated carbocycles. The lowest BCUT2D eigenvalue weighted by Gasteiger charge is -2.04. The highest BCUT2D eigenvalue weighted by Crippen LogP contribution is 2.23. The monoisotopic (exact) mass is 292 g/mol. The van der Waals surface area contributed by atoms with Crippen molar-refractivity contribution in [3.8, 4) is 11.4 Å². The maximum atomic E-state index is 5.80. The number of benzene rings is 2. The van der Waals surface area contributed by atoms with Crippen LogP contribution in [0.1, 0.15) is 13.8 Å². The van der Waals surface area contributed by atoms with Crippen molar-refractivity contribution in [2.24, 2.45) is 0 Å². The van der Waals surface area contributed by atoms with Gasteiger partial charge in [-0.3, -0.25) is 0 Å². The smallest absolute Gasteiger partial charge is 0.138 e. The zero-order valence-corrected chi connectivity index (χ0v) is 12.9. The van der Waals surface area contributed by atoms with Gasteiger partial charge in [0.2, 0.25) is 0 Å². The van der Waals surface area contributed by atoms with E-state index in [0.717, 1.165) is 40.3 Å². The molecule has 0 spiro atoms. The van der Waals surface area contributed by atoms with Crippen molar-refractivity contribution in [1.29, 1.82) is 0 Å². The summed E-state index contributed by atoms with van der Waals surface area (Å²) in [6, 6.07) is 14.0. The fourth-order valence-corrected chi connectivity index (χ4v) is 2.28. The fourth-order valence-electron chi connectivity index (χ4n) is 2.28. The van der Waals surface area contributed by atoms with Crippen LogP contribution in [0.3, 0.4) is 0 Å². The van der Waals surface area contributed by atoms with Crippen LogP contribution >= 0.6 is 0 Å². The average molecular weight is 292 g/mol. The van der Waals surface area contributed by atoms with Gasteiger partial charge >= 0.3 is 0 Å². The Morgan fingerprint density at radius 3 is 2.68 bits per heavy atom. The van der Waals surface area contributed by atoms with Crippen LogP contribution < -0.4 is 11.1 Å². The molecule has 0 aliphatic carbocycles. The van der Waals surface area contributed by atoms with E-state index < -0.39 is 0 Å². The number of allylic oxidation sites excluding steroid dienone is 1. The molecule has 4 nitrogen and oxygen atoms in total. The highest BCUT2D eigenvalue weighted by molar-refractivity contribution is 5.82. The number of nitrogens with two attached hydrogens (primary N) is 1. The number of aromatic amines is 1. The second kappa shape index (κ2) is 5.93. The van der Waals surface area contributed by atoms with Crippen LogP contribution in [0.4, 0.5) is 11.4 Å². The second-order valence-corrected chi connectivity index (χ2v) is 5.60. The van der Waals surface area contributed by atoms with Crippen molar-refractivity contribution in [2.45, 2.75) is 13.8 Å². The Morgan fingerprint density at radius 1 is 1.18 bits per heavy atom. The molecule has 112 valence electrons. The molecule has 0 saturated heterocycles. The number of anilines is 2. The van der Waals surface area contributed by atoms with Gasteiger partial charge in [-0.25, -0.2) is 4.98 Å². The fraction of sp³-hybridized carbons (Fsp3) is 0.167. The zero-order valence-electron chi connectivity index (χ0n) is 12.9. The first-order valence-corrected chi connectivity index (χ1v) is 7.35. The molecule has 0 aliphatic heterocycles. The highest BCUT2D eigenvalue weighted by Gasteiger charge is 2.05. The van der Waals surface area contributed by atoms with E-state index in [4.69, 9.17) is 5.73 Å². The molecule has 3 rings (SSSR count). The van der Waals surface area contributed by atoms with Gasteiger partial charge in [0.1, 0.15) is 5.82 Å². The summed E-state index contributed by atoms with van der Waals surface area (Å²) in [5.41, 5.74) is 11.9. The molecule has 0 amide bonds. The maximum Gasteiger partial charge on any atom is 0.138 e. The van der Waals surface area contributed by atoms with E-state index in [1.54, 1.807) is 0 Å². The Hall–Kier alpha value is -2.75. The Balaban J connectivity index is 1.80. The first-order chi connectivity index (χ1) is 10.6. The number of hydrogen-bond donors (Lipinski definition) is 3. The molecule has 4 heteroatoms. The minimum Gasteiger partial charge on any atom is -0.399 e. The Kier molecular flexibility index (Phi) is 3.83. The molecule has 3 aromatic rings. The number of nitrogens with one attached hydrogen (secondary N) is 2. The number of rotatable bonds is 4.